The molecule has 3 rings (SSSR count). The van der Waals surface area contributed by atoms with Crippen LogP contribution >= 0.6 is 0 Å². The second-order valence-corrected chi connectivity index (χ2v) is 10.3. The van der Waals surface area contributed by atoms with Crippen LogP contribution in [0, 0.1) is 5.92 Å². The number of hydrogen-bond acceptors (Lipinski definition) is 4. The zero-order valence-corrected chi connectivity index (χ0v) is 18.5. The smallest absolute Gasteiger partial charge is 0.352 e. The average molecular weight is 476 g/mol. The quantitative estimate of drug-likeness (QED) is 0.661. The maximum absolute atomic E-state index is 12.9. The molecule has 2 N–H and O–H groups in total. The number of rotatable bonds is 6. The number of hydrogen-bond donors (Lipinski definition) is 2. The van der Waals surface area contributed by atoms with E-state index in [1.165, 1.54) is 6.42 Å². The number of amides is 2. The van der Waals surface area contributed by atoms with Crippen molar-refractivity contribution in [2.24, 2.45) is 5.92 Å². The summed E-state index contributed by atoms with van der Waals surface area (Å²) in [5, 5.41) is 5.52. The second kappa shape index (κ2) is 10.2. The molecule has 2 fully saturated rings. The lowest BCUT2D eigenvalue weighted by molar-refractivity contribution is -0.137. The maximum Gasteiger partial charge on any atom is 0.416 e. The molecule has 1 saturated heterocycles. The van der Waals surface area contributed by atoms with Gasteiger partial charge in [0.15, 0.2) is 0 Å². The van der Waals surface area contributed by atoms with E-state index in [2.05, 4.69) is 10.6 Å². The molecule has 1 aromatic carbocycles. The summed E-state index contributed by atoms with van der Waals surface area (Å²) in [4.78, 5) is 24.0. The van der Waals surface area contributed by atoms with E-state index in [4.69, 9.17) is 0 Å². The highest BCUT2D eigenvalue weighted by Crippen LogP contribution is 2.32. The summed E-state index contributed by atoms with van der Waals surface area (Å²) in [7, 11) is -4.10. The van der Waals surface area contributed by atoms with Gasteiger partial charge in [-0.15, -0.1) is 0 Å². The number of alkyl halides is 3. The summed E-state index contributed by atoms with van der Waals surface area (Å²) >= 11 is 0. The van der Waals surface area contributed by atoms with Crippen LogP contribution in [0.25, 0.3) is 0 Å². The second-order valence-electron chi connectivity index (χ2n) is 8.32. The third-order valence-electron chi connectivity index (χ3n) is 6.02. The Balaban J connectivity index is 1.49. The fourth-order valence-electron chi connectivity index (χ4n) is 4.18. The van der Waals surface area contributed by atoms with Gasteiger partial charge in [-0.05, 0) is 43.9 Å². The Hall–Kier alpha value is -2.14. The molecule has 0 unspecified atom stereocenters. The minimum absolute atomic E-state index is 0.0188. The first-order chi connectivity index (χ1) is 15.1. The monoisotopic (exact) mass is 475 g/mol. The number of piperidine rings is 1. The molecular weight excluding hydrogens is 447 g/mol. The van der Waals surface area contributed by atoms with Gasteiger partial charge >= 0.3 is 6.18 Å². The molecule has 2 amide bonds. The molecule has 1 aliphatic heterocycles. The Morgan fingerprint density at radius 3 is 2.31 bits per heavy atom. The predicted octanol–water partition coefficient (Wildman–Crippen LogP) is 2.67. The van der Waals surface area contributed by atoms with Crippen LogP contribution in [0.1, 0.15) is 50.5 Å². The Morgan fingerprint density at radius 1 is 1.03 bits per heavy atom. The van der Waals surface area contributed by atoms with Crippen LogP contribution in [0.3, 0.4) is 0 Å². The van der Waals surface area contributed by atoms with Gasteiger partial charge in [-0.1, -0.05) is 25.3 Å². The standard InChI is InChI=1S/C21H28F3N3O4S/c22-21(23,24)16-5-4-8-18(13-16)32(30,31)27-11-9-15(10-12-27)20(29)25-14-19(28)26-17-6-2-1-3-7-17/h4-5,8,13,15,17H,1-3,6-7,9-12,14H2,(H,25,29)(H,26,28). The summed E-state index contributed by atoms with van der Waals surface area (Å²) < 4.78 is 65.4. The summed E-state index contributed by atoms with van der Waals surface area (Å²) in [5.74, 6) is -1.01. The van der Waals surface area contributed by atoms with Crippen molar-refractivity contribution in [1.82, 2.24) is 14.9 Å². The predicted molar refractivity (Wildman–Crippen MR) is 111 cm³/mol. The lowest BCUT2D eigenvalue weighted by Gasteiger charge is -2.30. The summed E-state index contributed by atoms with van der Waals surface area (Å²) in [6.07, 6.45) is 1.04. The van der Waals surface area contributed by atoms with Crippen molar-refractivity contribution in [1.29, 1.82) is 0 Å². The molecule has 0 radical (unpaired) electrons. The van der Waals surface area contributed by atoms with E-state index in [1.807, 2.05) is 0 Å². The maximum atomic E-state index is 12.9. The van der Waals surface area contributed by atoms with E-state index in [9.17, 15) is 31.2 Å². The first kappa shape index (κ1) is 24.5. The number of halogens is 3. The van der Waals surface area contributed by atoms with Crippen LogP contribution in [-0.2, 0) is 25.8 Å². The molecule has 11 heteroatoms. The van der Waals surface area contributed by atoms with E-state index in [-0.39, 0.29) is 50.3 Å². The molecule has 2 aliphatic rings. The Labute approximate surface area is 185 Å². The van der Waals surface area contributed by atoms with Crippen LogP contribution in [0.2, 0.25) is 0 Å². The Morgan fingerprint density at radius 2 is 1.69 bits per heavy atom. The first-order valence-electron chi connectivity index (χ1n) is 10.8. The SMILES string of the molecule is O=C(CNC(=O)C1CCN(S(=O)(=O)c2cccc(C(F)(F)F)c2)CC1)NC1CCCCC1. The summed E-state index contributed by atoms with van der Waals surface area (Å²) in [6.45, 7) is -0.0893. The number of benzene rings is 1. The molecule has 1 heterocycles. The first-order valence-corrected chi connectivity index (χ1v) is 12.3. The average Bonchev–Trinajstić information content (AvgIpc) is 2.78. The Kier molecular flexibility index (Phi) is 7.81. The molecule has 1 aromatic rings. The van der Waals surface area contributed by atoms with Crippen LogP contribution < -0.4 is 10.6 Å². The van der Waals surface area contributed by atoms with Crippen molar-refractivity contribution >= 4 is 21.8 Å². The molecular formula is C21H28F3N3O4S. The van der Waals surface area contributed by atoms with Gasteiger partial charge in [0.25, 0.3) is 0 Å². The zero-order valence-electron chi connectivity index (χ0n) is 17.7. The van der Waals surface area contributed by atoms with E-state index in [0.29, 0.717) is 6.07 Å². The van der Waals surface area contributed by atoms with E-state index in [0.717, 1.165) is 48.2 Å². The van der Waals surface area contributed by atoms with Gasteiger partial charge in [0.2, 0.25) is 21.8 Å². The Bertz CT molecular complexity index is 922. The fourth-order valence-corrected chi connectivity index (χ4v) is 5.69. The third kappa shape index (κ3) is 6.22. The molecule has 32 heavy (non-hydrogen) atoms. The summed E-state index contributed by atoms with van der Waals surface area (Å²) in [6, 6.07) is 3.79. The number of sulfonamides is 1. The third-order valence-corrected chi connectivity index (χ3v) is 7.91. The van der Waals surface area contributed by atoms with E-state index < -0.39 is 32.6 Å². The fraction of sp³-hybridized carbons (Fsp3) is 0.619. The minimum Gasteiger partial charge on any atom is -0.352 e. The zero-order chi connectivity index (χ0) is 23.4. The van der Waals surface area contributed by atoms with Gasteiger partial charge in [0.05, 0.1) is 17.0 Å². The summed E-state index contributed by atoms with van der Waals surface area (Å²) in [5.41, 5.74) is -1.03. The number of nitrogens with one attached hydrogen (secondary N) is 2. The molecule has 7 nitrogen and oxygen atoms in total. The molecule has 0 aromatic heterocycles. The highest BCUT2D eigenvalue weighted by atomic mass is 32.2. The van der Waals surface area contributed by atoms with Gasteiger partial charge in [-0.3, -0.25) is 9.59 Å². The van der Waals surface area contributed by atoms with Crippen molar-refractivity contribution in [3.8, 4) is 0 Å². The lowest BCUT2D eigenvalue weighted by atomic mass is 9.95. The molecule has 178 valence electrons. The van der Waals surface area contributed by atoms with Gasteiger partial charge in [-0.2, -0.15) is 17.5 Å². The van der Waals surface area contributed by atoms with Crippen LogP contribution in [0.15, 0.2) is 29.2 Å². The molecule has 0 bridgehead atoms. The van der Waals surface area contributed by atoms with Crippen LogP contribution in [0.5, 0.6) is 0 Å². The van der Waals surface area contributed by atoms with Crippen molar-refractivity contribution in [2.45, 2.75) is 62.1 Å². The molecule has 1 aliphatic carbocycles. The van der Waals surface area contributed by atoms with Crippen molar-refractivity contribution in [2.75, 3.05) is 19.6 Å². The van der Waals surface area contributed by atoms with Gasteiger partial charge < -0.3 is 10.6 Å². The van der Waals surface area contributed by atoms with Gasteiger partial charge in [-0.25, -0.2) is 8.42 Å². The molecule has 0 atom stereocenters. The lowest BCUT2D eigenvalue weighted by Crippen LogP contribution is -2.46. The van der Waals surface area contributed by atoms with Gasteiger partial charge in [0.1, 0.15) is 0 Å². The molecule has 0 spiro atoms. The van der Waals surface area contributed by atoms with Crippen molar-refractivity contribution in [3.63, 3.8) is 0 Å². The number of carbonyl (C=O) groups excluding carboxylic acids is 2. The topological polar surface area (TPSA) is 95.6 Å². The molecule has 1 saturated carbocycles. The van der Waals surface area contributed by atoms with Crippen LogP contribution in [-0.4, -0.2) is 50.2 Å². The number of nitrogens with zero attached hydrogens (tertiary/aromatic N) is 1. The van der Waals surface area contributed by atoms with Crippen LogP contribution in [0.4, 0.5) is 13.2 Å². The largest absolute Gasteiger partial charge is 0.416 e. The number of carbonyl (C=O) groups is 2. The van der Waals surface area contributed by atoms with Crippen molar-refractivity contribution < 1.29 is 31.2 Å². The minimum atomic E-state index is -4.64. The van der Waals surface area contributed by atoms with Crippen molar-refractivity contribution in [3.05, 3.63) is 29.8 Å². The highest BCUT2D eigenvalue weighted by Gasteiger charge is 2.35. The van der Waals surface area contributed by atoms with E-state index in [1.54, 1.807) is 0 Å². The van der Waals surface area contributed by atoms with E-state index >= 15 is 0 Å². The highest BCUT2D eigenvalue weighted by molar-refractivity contribution is 7.89. The normalized spacial score (nSPS) is 19.5. The van der Waals surface area contributed by atoms with Gasteiger partial charge in [0, 0.05) is 25.0 Å².